The fraction of sp³-hybridized carbons (Fsp3) is 0.875. The molecule has 180 valence electrons. The number of carbonyl (C=O) groups is 2. The normalized spacial score (nSPS) is 22.7. The van der Waals surface area contributed by atoms with Crippen LogP contribution in [0.4, 0.5) is 9.59 Å². The fourth-order valence-electron chi connectivity index (χ4n) is 3.36. The van der Waals surface area contributed by atoms with Crippen molar-refractivity contribution in [1.29, 1.82) is 0 Å². The quantitative estimate of drug-likeness (QED) is 0.282. The lowest BCUT2D eigenvalue weighted by molar-refractivity contribution is 0.0867. The maximum absolute atomic E-state index is 11.0. The molecule has 0 N–H and O–H groups in total. The van der Waals surface area contributed by atoms with Gasteiger partial charge in [-0.3, -0.25) is 0 Å². The highest BCUT2D eigenvalue weighted by Crippen LogP contribution is 2.25. The van der Waals surface area contributed by atoms with Crippen molar-refractivity contribution < 1.29 is 49.7 Å². The SMILES string of the molecule is C[Si](C)(OCC1COC(=O)O1)O[Si](C)(C)O[Si](C)(C)O[Si](C)(C)OCC1COC(=O)O1. The van der Waals surface area contributed by atoms with Crippen LogP contribution < -0.4 is 0 Å². The highest BCUT2D eigenvalue weighted by atomic mass is 28.5. The highest BCUT2D eigenvalue weighted by Gasteiger charge is 2.45. The molecule has 31 heavy (non-hydrogen) atoms. The maximum atomic E-state index is 11.0. The Balaban J connectivity index is 1.82. The molecule has 0 aromatic rings. The average Bonchev–Trinajstić information content (AvgIpc) is 3.16. The maximum Gasteiger partial charge on any atom is 0.508 e. The second-order valence-electron chi connectivity index (χ2n) is 9.13. The Morgan fingerprint density at radius 2 is 0.968 bits per heavy atom. The van der Waals surface area contributed by atoms with E-state index < -0.39 is 58.8 Å². The molecule has 0 radical (unpaired) electrons. The summed E-state index contributed by atoms with van der Waals surface area (Å²) in [6, 6.07) is 0. The highest BCUT2D eigenvalue weighted by molar-refractivity contribution is 6.87. The zero-order valence-electron chi connectivity index (χ0n) is 19.5. The van der Waals surface area contributed by atoms with E-state index in [0.717, 1.165) is 0 Å². The third-order valence-electron chi connectivity index (χ3n) is 4.01. The van der Waals surface area contributed by atoms with Gasteiger partial charge in [0.2, 0.25) is 0 Å². The molecule has 2 atom stereocenters. The minimum atomic E-state index is -2.61. The summed E-state index contributed by atoms with van der Waals surface area (Å²) in [6.45, 7) is 16.3. The molecule has 0 bridgehead atoms. The summed E-state index contributed by atoms with van der Waals surface area (Å²) >= 11 is 0. The van der Waals surface area contributed by atoms with Crippen molar-refractivity contribution >= 4 is 46.6 Å². The molecule has 2 aliphatic heterocycles. The van der Waals surface area contributed by atoms with Gasteiger partial charge in [-0.1, -0.05) is 0 Å². The molecule has 0 aliphatic carbocycles. The lowest BCUT2D eigenvalue weighted by atomic mass is 10.4. The van der Waals surface area contributed by atoms with Crippen molar-refractivity contribution in [3.8, 4) is 0 Å². The molecule has 0 amide bonds. The Hall–Kier alpha value is -0.792. The Morgan fingerprint density at radius 3 is 1.26 bits per heavy atom. The van der Waals surface area contributed by atoms with Crippen LogP contribution in [-0.4, -0.2) is 85.2 Å². The molecule has 0 saturated carbocycles. The third-order valence-corrected chi connectivity index (χ3v) is 17.5. The van der Waals surface area contributed by atoms with Crippen LogP contribution in [0.5, 0.6) is 0 Å². The number of rotatable bonds is 12. The van der Waals surface area contributed by atoms with E-state index in [2.05, 4.69) is 0 Å². The molecule has 15 heteroatoms. The standard InChI is InChI=1S/C16H34O11Si4/c1-28(2,21-11-13-9-19-15(17)23-13)25-30(5,6)27-31(7,8)26-29(3,4)22-12-14-10-20-16(18)24-14/h13-14H,9-12H2,1-8H3. The van der Waals surface area contributed by atoms with Crippen LogP contribution >= 0.6 is 0 Å². The monoisotopic (exact) mass is 514 g/mol. The van der Waals surface area contributed by atoms with Gasteiger partial charge in [-0.25, -0.2) is 9.59 Å². The first-order chi connectivity index (χ1) is 14.1. The van der Waals surface area contributed by atoms with Crippen molar-refractivity contribution in [2.45, 2.75) is 64.6 Å². The first-order valence-corrected chi connectivity index (χ1v) is 21.4. The second kappa shape index (κ2) is 10.00. The van der Waals surface area contributed by atoms with E-state index in [1.807, 2.05) is 52.4 Å². The number of cyclic esters (lactones) is 4. The van der Waals surface area contributed by atoms with E-state index in [9.17, 15) is 9.59 Å². The second-order valence-corrected chi connectivity index (χ2v) is 23.4. The molecule has 2 unspecified atom stereocenters. The molecule has 2 heterocycles. The lowest BCUT2D eigenvalue weighted by Crippen LogP contribution is -2.58. The van der Waals surface area contributed by atoms with E-state index in [-0.39, 0.29) is 26.4 Å². The Kier molecular flexibility index (Phi) is 8.54. The van der Waals surface area contributed by atoms with Gasteiger partial charge in [0.25, 0.3) is 0 Å². The molecule has 0 aromatic heterocycles. The minimum absolute atomic E-state index is 0.181. The van der Waals surface area contributed by atoms with Gasteiger partial charge in [0, 0.05) is 0 Å². The van der Waals surface area contributed by atoms with E-state index >= 15 is 0 Å². The van der Waals surface area contributed by atoms with Crippen molar-refractivity contribution in [1.82, 2.24) is 0 Å². The number of hydrogen-bond acceptors (Lipinski definition) is 11. The van der Waals surface area contributed by atoms with Crippen LogP contribution in [-0.2, 0) is 40.1 Å². The molecule has 2 saturated heterocycles. The van der Waals surface area contributed by atoms with Crippen LogP contribution in [0.15, 0.2) is 0 Å². The summed E-state index contributed by atoms with van der Waals surface area (Å²) in [5, 5.41) is 0. The van der Waals surface area contributed by atoms with Crippen molar-refractivity contribution in [3.63, 3.8) is 0 Å². The van der Waals surface area contributed by atoms with Crippen LogP contribution in [0.25, 0.3) is 0 Å². The van der Waals surface area contributed by atoms with Gasteiger partial charge in [0.05, 0.1) is 13.2 Å². The van der Waals surface area contributed by atoms with Gasteiger partial charge in [-0.05, 0) is 52.4 Å². The first-order valence-electron chi connectivity index (χ1n) is 10.1. The molecule has 0 spiro atoms. The lowest BCUT2D eigenvalue weighted by Gasteiger charge is -2.40. The minimum Gasteiger partial charge on any atom is -0.430 e. The van der Waals surface area contributed by atoms with Gasteiger partial charge in [-0.15, -0.1) is 0 Å². The number of ether oxygens (including phenoxy) is 4. The predicted molar refractivity (Wildman–Crippen MR) is 118 cm³/mol. The molecule has 2 rings (SSSR count). The first kappa shape index (κ1) is 26.5. The Morgan fingerprint density at radius 1 is 0.645 bits per heavy atom. The van der Waals surface area contributed by atoms with Crippen molar-refractivity contribution in [3.05, 3.63) is 0 Å². The van der Waals surface area contributed by atoms with E-state index in [1.54, 1.807) is 0 Å². The number of carbonyl (C=O) groups excluding carboxylic acids is 2. The Labute approximate surface area is 187 Å². The molecule has 2 aliphatic rings. The van der Waals surface area contributed by atoms with Gasteiger partial charge >= 0.3 is 46.6 Å². The summed E-state index contributed by atoms with van der Waals surface area (Å²) in [4.78, 5) is 22.1. The van der Waals surface area contributed by atoms with E-state index in [1.165, 1.54) is 0 Å². The molecule has 0 aromatic carbocycles. The zero-order valence-corrected chi connectivity index (χ0v) is 23.5. The molecule has 2 fully saturated rings. The largest absolute Gasteiger partial charge is 0.508 e. The summed E-state index contributed by atoms with van der Waals surface area (Å²) in [6.07, 6.45) is -2.19. The number of hydrogen-bond donors (Lipinski definition) is 0. The summed E-state index contributed by atoms with van der Waals surface area (Å²) in [5.41, 5.74) is 0. The zero-order chi connectivity index (χ0) is 23.5. The van der Waals surface area contributed by atoms with Gasteiger partial charge < -0.3 is 40.1 Å². The molecular weight excluding hydrogens is 481 g/mol. The molecule has 11 nitrogen and oxygen atoms in total. The van der Waals surface area contributed by atoms with Gasteiger partial charge in [0.1, 0.15) is 13.2 Å². The van der Waals surface area contributed by atoms with Gasteiger partial charge in [-0.2, -0.15) is 0 Å². The van der Waals surface area contributed by atoms with E-state index in [0.29, 0.717) is 0 Å². The van der Waals surface area contributed by atoms with E-state index in [4.69, 9.17) is 40.1 Å². The van der Waals surface area contributed by atoms with Crippen LogP contribution in [0, 0.1) is 0 Å². The van der Waals surface area contributed by atoms with Gasteiger partial charge in [0.15, 0.2) is 12.2 Å². The topological polar surface area (TPSA) is 117 Å². The average molecular weight is 515 g/mol. The Bertz CT molecular complexity index is 601. The van der Waals surface area contributed by atoms with Crippen LogP contribution in [0.1, 0.15) is 0 Å². The van der Waals surface area contributed by atoms with Crippen LogP contribution in [0.3, 0.4) is 0 Å². The summed E-state index contributed by atoms with van der Waals surface area (Å²) in [5.74, 6) is 0. The van der Waals surface area contributed by atoms with Crippen LogP contribution in [0.2, 0.25) is 52.4 Å². The smallest absolute Gasteiger partial charge is 0.430 e. The summed E-state index contributed by atoms with van der Waals surface area (Å²) in [7, 11) is -10.3. The summed E-state index contributed by atoms with van der Waals surface area (Å²) < 4.78 is 50.4. The van der Waals surface area contributed by atoms with Crippen molar-refractivity contribution in [2.24, 2.45) is 0 Å². The third kappa shape index (κ3) is 9.70. The predicted octanol–water partition coefficient (Wildman–Crippen LogP) is 2.95. The molecular formula is C16H34O11Si4. The fourth-order valence-corrected chi connectivity index (χ4v) is 20.3. The van der Waals surface area contributed by atoms with Crippen molar-refractivity contribution in [2.75, 3.05) is 26.4 Å².